The number of fused-ring (bicyclic) bond motifs is 3. The molecule has 1 aromatic heterocycles. The Kier molecular flexibility index (Phi) is 17.8. The van der Waals surface area contributed by atoms with E-state index >= 15 is 0 Å². The molecule has 61 heavy (non-hydrogen) atoms. The number of Topliss-reactive ketones (excluding diaryl/α,β-unsaturated/α-hetero) is 2. The molecule has 4 heterocycles. The number of cyclic esters (lactones) is 1. The molecular weight excluding hydrogens is 803 g/mol. The number of hydrogen-bond acceptors (Lipinski definition) is 13. The van der Waals surface area contributed by atoms with Gasteiger partial charge in [0.25, 0.3) is 11.7 Å². The van der Waals surface area contributed by atoms with Crippen molar-refractivity contribution in [2.75, 3.05) is 27.9 Å². The molecule has 1 amide bonds. The van der Waals surface area contributed by atoms with Crippen LogP contribution in [0, 0.1) is 29.6 Å². The van der Waals surface area contributed by atoms with Gasteiger partial charge in [-0.15, -0.1) is 11.3 Å². The van der Waals surface area contributed by atoms with E-state index in [-0.39, 0.29) is 55.6 Å². The summed E-state index contributed by atoms with van der Waals surface area (Å²) in [5, 5.41) is 26.7. The summed E-state index contributed by atoms with van der Waals surface area (Å²) in [6.07, 6.45) is 4.93. The first-order valence-corrected chi connectivity index (χ1v) is 23.2. The van der Waals surface area contributed by atoms with Crippen molar-refractivity contribution in [3.63, 3.8) is 0 Å². The standard InChI is InChI=1S/C47H71NO12S/c1-10-33-21-27(2)20-28(3)22-39(56-8)43-40(57-9)24-30(5)47(54,60-43)44(51)45(52)48-18-12-11-14-34(48)46(53)59-42(31(6)35(49)26-36(33)50)29(4)23-32-16-17-37(38(25-32)55-7)58-41-15-13-19-61-41/h13,15,19,21,23,28,30-35,37-40,42-43,49,54H,10-12,14,16-18,20,22,24-26H2,1-9H3/b27-21+,29-23?. The van der Waals surface area contributed by atoms with Crippen LogP contribution in [0.4, 0.5) is 0 Å². The van der Waals surface area contributed by atoms with Gasteiger partial charge in [-0.05, 0) is 113 Å². The summed E-state index contributed by atoms with van der Waals surface area (Å²) in [4.78, 5) is 58.2. The fraction of sp³-hybridized carbons (Fsp3) is 0.745. The van der Waals surface area contributed by atoms with E-state index in [0.29, 0.717) is 44.1 Å². The number of methoxy groups -OCH3 is 3. The van der Waals surface area contributed by atoms with E-state index in [1.807, 2.05) is 44.4 Å². The predicted octanol–water partition coefficient (Wildman–Crippen LogP) is 6.62. The lowest BCUT2D eigenvalue weighted by Gasteiger charge is -2.47. The first-order valence-electron chi connectivity index (χ1n) is 22.4. The molecule has 14 unspecified atom stereocenters. The average molecular weight is 874 g/mol. The minimum Gasteiger partial charge on any atom is -0.478 e. The second-order valence-corrected chi connectivity index (χ2v) is 19.1. The van der Waals surface area contributed by atoms with Gasteiger partial charge in [0.15, 0.2) is 5.06 Å². The number of ketones is 2. The van der Waals surface area contributed by atoms with E-state index in [9.17, 15) is 29.4 Å². The number of hydrogen-bond donors (Lipinski definition) is 2. The van der Waals surface area contributed by atoms with Crippen molar-refractivity contribution >= 4 is 34.8 Å². The maximum Gasteiger partial charge on any atom is 0.329 e. The molecule has 2 bridgehead atoms. The average Bonchev–Trinajstić information content (AvgIpc) is 3.77. The predicted molar refractivity (Wildman–Crippen MR) is 231 cm³/mol. The van der Waals surface area contributed by atoms with Crippen LogP contribution in [0.5, 0.6) is 5.06 Å². The smallest absolute Gasteiger partial charge is 0.329 e. The normalized spacial score (nSPS) is 39.1. The lowest BCUT2D eigenvalue weighted by atomic mass is 9.81. The third kappa shape index (κ3) is 11.8. The van der Waals surface area contributed by atoms with Crippen LogP contribution in [0.25, 0.3) is 0 Å². The molecule has 1 aromatic rings. The number of carbonyl (C=O) groups excluding carboxylic acids is 4. The van der Waals surface area contributed by atoms with Gasteiger partial charge < -0.3 is 43.5 Å². The van der Waals surface area contributed by atoms with Gasteiger partial charge >= 0.3 is 5.97 Å². The maximum atomic E-state index is 14.4. The summed E-state index contributed by atoms with van der Waals surface area (Å²) in [6, 6.07) is 2.76. The van der Waals surface area contributed by atoms with E-state index in [4.69, 9.17) is 28.4 Å². The number of esters is 1. The molecule has 4 aliphatic rings. The van der Waals surface area contributed by atoms with Gasteiger partial charge in [0.1, 0.15) is 30.1 Å². The molecule has 3 aliphatic heterocycles. The second kappa shape index (κ2) is 22.1. The van der Waals surface area contributed by atoms with E-state index < -0.39 is 77.8 Å². The van der Waals surface area contributed by atoms with E-state index in [1.54, 1.807) is 21.0 Å². The van der Waals surface area contributed by atoms with Crippen molar-refractivity contribution in [1.82, 2.24) is 4.90 Å². The zero-order chi connectivity index (χ0) is 44.6. The van der Waals surface area contributed by atoms with Crippen LogP contribution in [0.2, 0.25) is 0 Å². The molecule has 3 fully saturated rings. The third-order valence-electron chi connectivity index (χ3n) is 13.6. The molecule has 1 saturated carbocycles. The van der Waals surface area contributed by atoms with E-state index in [0.717, 1.165) is 23.5 Å². The quantitative estimate of drug-likeness (QED) is 0.163. The number of nitrogens with zero attached hydrogens (tertiary/aromatic N) is 1. The van der Waals surface area contributed by atoms with Crippen LogP contribution in [0.15, 0.2) is 40.8 Å². The second-order valence-electron chi connectivity index (χ2n) is 18.2. The molecule has 0 aromatic carbocycles. The first kappa shape index (κ1) is 49.0. The Balaban J connectivity index is 1.49. The van der Waals surface area contributed by atoms with Crippen LogP contribution in [0.3, 0.4) is 0 Å². The van der Waals surface area contributed by atoms with Crippen LogP contribution in [-0.4, -0.2) is 121 Å². The van der Waals surface area contributed by atoms with Crippen LogP contribution < -0.4 is 4.74 Å². The van der Waals surface area contributed by atoms with Gasteiger partial charge in [-0.3, -0.25) is 14.4 Å². The Morgan fingerprint density at radius 3 is 2.31 bits per heavy atom. The summed E-state index contributed by atoms with van der Waals surface area (Å²) < 4.78 is 36.6. The highest BCUT2D eigenvalue weighted by Gasteiger charge is 2.56. The zero-order valence-corrected chi connectivity index (χ0v) is 38.5. The first-order chi connectivity index (χ1) is 29.0. The maximum absolute atomic E-state index is 14.4. The van der Waals surface area contributed by atoms with E-state index in [2.05, 4.69) is 13.0 Å². The van der Waals surface area contributed by atoms with Crippen LogP contribution in [-0.2, 0) is 42.9 Å². The molecule has 2 N–H and O–H groups in total. The molecule has 5 rings (SSSR count). The molecule has 14 atom stereocenters. The third-order valence-corrected chi connectivity index (χ3v) is 14.4. The summed E-state index contributed by atoms with van der Waals surface area (Å²) >= 11 is 1.53. The van der Waals surface area contributed by atoms with Crippen LogP contribution >= 0.6 is 11.3 Å². The Morgan fingerprint density at radius 1 is 0.951 bits per heavy atom. The molecule has 2 saturated heterocycles. The number of aliphatic hydroxyl groups is 2. The number of ether oxygens (including phenoxy) is 6. The molecule has 1 aliphatic carbocycles. The van der Waals surface area contributed by atoms with Crippen LogP contribution in [0.1, 0.15) is 112 Å². The summed E-state index contributed by atoms with van der Waals surface area (Å²) in [5.41, 5.74) is 1.71. The number of piperidine rings is 1. The number of carbonyl (C=O) groups is 4. The number of aliphatic hydroxyl groups excluding tert-OH is 1. The minimum absolute atomic E-state index is 0.0370. The Bertz CT molecular complexity index is 1700. The zero-order valence-electron chi connectivity index (χ0n) is 37.7. The topological polar surface area (TPSA) is 167 Å². The Labute approximate surface area is 366 Å². The Morgan fingerprint density at radius 2 is 1.66 bits per heavy atom. The SMILES string of the molecule is CCC1/C=C(\C)CC(C)CC(OC)C2OC(O)(C(=O)C(=O)N3CCCCC3C(=O)OC(C(C)=CC3CCC(Oc4cccs4)C(OC)C3)C(C)C(O)CC1=O)C(C)CC2OC. The fourth-order valence-corrected chi connectivity index (χ4v) is 10.6. The molecule has 14 heteroatoms. The highest BCUT2D eigenvalue weighted by molar-refractivity contribution is 7.11. The lowest BCUT2D eigenvalue weighted by molar-refractivity contribution is -0.302. The highest BCUT2D eigenvalue weighted by Crippen LogP contribution is 2.39. The van der Waals surface area contributed by atoms with Crippen molar-refractivity contribution in [3.8, 4) is 5.06 Å². The summed E-state index contributed by atoms with van der Waals surface area (Å²) in [5.74, 6) is -7.39. The number of rotatable bonds is 8. The lowest BCUT2D eigenvalue weighted by Crippen LogP contribution is -2.64. The van der Waals surface area contributed by atoms with Gasteiger partial charge in [-0.25, -0.2) is 4.79 Å². The number of allylic oxidation sites excluding steroid dienone is 3. The van der Waals surface area contributed by atoms with Gasteiger partial charge in [-0.2, -0.15) is 0 Å². The molecule has 342 valence electrons. The van der Waals surface area contributed by atoms with Crippen molar-refractivity contribution < 1.29 is 57.8 Å². The molecule has 13 nitrogen and oxygen atoms in total. The molecule has 0 radical (unpaired) electrons. The fourth-order valence-electron chi connectivity index (χ4n) is 9.99. The highest BCUT2D eigenvalue weighted by atomic mass is 32.1. The largest absolute Gasteiger partial charge is 0.478 e. The van der Waals surface area contributed by atoms with Gasteiger partial charge in [0.05, 0.1) is 24.4 Å². The van der Waals surface area contributed by atoms with Crippen molar-refractivity contribution in [2.45, 2.75) is 167 Å². The van der Waals surface area contributed by atoms with Crippen molar-refractivity contribution in [3.05, 3.63) is 40.8 Å². The molecular formula is C47H71NO12S. The Hall–Kier alpha value is -2.98. The summed E-state index contributed by atoms with van der Waals surface area (Å²) in [6.45, 7) is 11.4. The van der Waals surface area contributed by atoms with Crippen molar-refractivity contribution in [1.29, 1.82) is 0 Å². The molecule has 0 spiro atoms. The van der Waals surface area contributed by atoms with Gasteiger partial charge in [0.2, 0.25) is 5.79 Å². The monoisotopic (exact) mass is 873 g/mol. The number of amides is 1. The van der Waals surface area contributed by atoms with Gasteiger partial charge in [-0.1, -0.05) is 45.4 Å². The van der Waals surface area contributed by atoms with E-state index in [1.165, 1.54) is 30.5 Å². The minimum atomic E-state index is -2.50. The van der Waals surface area contributed by atoms with Crippen molar-refractivity contribution in [2.24, 2.45) is 29.6 Å². The van der Waals surface area contributed by atoms with Gasteiger partial charge in [0, 0.05) is 52.0 Å². The summed E-state index contributed by atoms with van der Waals surface area (Å²) in [7, 11) is 4.75. The number of thiophene rings is 1.